The van der Waals surface area contributed by atoms with E-state index in [1.165, 1.54) is 11.3 Å². The van der Waals surface area contributed by atoms with E-state index in [2.05, 4.69) is 15.5 Å². The number of benzene rings is 1. The Morgan fingerprint density at radius 1 is 1.15 bits per heavy atom. The van der Waals surface area contributed by atoms with Gasteiger partial charge in [0.15, 0.2) is 0 Å². The summed E-state index contributed by atoms with van der Waals surface area (Å²) in [5.41, 5.74) is 4.78. The van der Waals surface area contributed by atoms with Crippen LogP contribution in [0.1, 0.15) is 5.56 Å². The van der Waals surface area contributed by atoms with Crippen LogP contribution in [0, 0.1) is 0 Å². The lowest BCUT2D eigenvalue weighted by Gasteiger charge is -1.95. The van der Waals surface area contributed by atoms with E-state index in [1.807, 2.05) is 22.9 Å². The first-order chi connectivity index (χ1) is 9.81. The van der Waals surface area contributed by atoms with E-state index in [1.54, 1.807) is 41.8 Å². The Bertz CT molecular complexity index is 702. The van der Waals surface area contributed by atoms with Crippen LogP contribution in [-0.4, -0.2) is 16.3 Å². The molecule has 0 fully saturated rings. The quantitative estimate of drug-likeness (QED) is 0.565. The molecular formula is C14H11N3OS2. The zero-order chi connectivity index (χ0) is 13.8. The van der Waals surface area contributed by atoms with Crippen molar-refractivity contribution >= 4 is 34.0 Å². The number of rotatable bonds is 4. The van der Waals surface area contributed by atoms with Crippen LogP contribution >= 0.6 is 22.7 Å². The normalized spacial score (nSPS) is 11.0. The SMILES string of the molecule is Oc1ccc(/C=N/Nc2nc(-c3cccs3)cs2)cc1. The van der Waals surface area contributed by atoms with Crippen molar-refractivity contribution in [2.75, 3.05) is 5.43 Å². The third-order valence-corrected chi connectivity index (χ3v) is 4.18. The Morgan fingerprint density at radius 2 is 2.00 bits per heavy atom. The Hall–Kier alpha value is -2.18. The van der Waals surface area contributed by atoms with Crippen molar-refractivity contribution in [1.29, 1.82) is 0 Å². The molecule has 3 aromatic rings. The summed E-state index contributed by atoms with van der Waals surface area (Å²) in [6.07, 6.45) is 1.69. The lowest BCUT2D eigenvalue weighted by molar-refractivity contribution is 0.475. The number of hydrogen-bond acceptors (Lipinski definition) is 6. The zero-order valence-corrected chi connectivity index (χ0v) is 12.0. The van der Waals surface area contributed by atoms with Gasteiger partial charge in [-0.15, -0.1) is 22.7 Å². The van der Waals surface area contributed by atoms with Gasteiger partial charge in [0.2, 0.25) is 5.13 Å². The van der Waals surface area contributed by atoms with Gasteiger partial charge in [-0.05, 0) is 41.3 Å². The van der Waals surface area contributed by atoms with Crippen LogP contribution in [0.4, 0.5) is 5.13 Å². The number of phenolic OH excluding ortho intramolecular Hbond substituents is 1. The molecular weight excluding hydrogens is 290 g/mol. The zero-order valence-electron chi connectivity index (χ0n) is 10.4. The molecule has 0 saturated heterocycles. The highest BCUT2D eigenvalue weighted by Gasteiger charge is 2.04. The van der Waals surface area contributed by atoms with Gasteiger partial charge in [0, 0.05) is 5.38 Å². The number of aromatic nitrogens is 1. The average Bonchev–Trinajstić information content (AvgIpc) is 3.11. The third kappa shape index (κ3) is 3.04. The first kappa shape index (κ1) is 12.8. The molecule has 0 aliphatic carbocycles. The standard InChI is InChI=1S/C14H11N3OS2/c18-11-5-3-10(4-6-11)8-15-17-14-16-12(9-20-14)13-2-1-7-19-13/h1-9,18H,(H,16,17)/b15-8+. The number of anilines is 1. The Balaban J connectivity index is 1.65. The Kier molecular flexibility index (Phi) is 3.76. The number of thiophene rings is 1. The van der Waals surface area contributed by atoms with Crippen molar-refractivity contribution in [3.05, 3.63) is 52.7 Å². The summed E-state index contributed by atoms with van der Waals surface area (Å²) in [7, 11) is 0. The number of hydrogen-bond donors (Lipinski definition) is 2. The number of thiazole rings is 1. The van der Waals surface area contributed by atoms with E-state index in [-0.39, 0.29) is 5.75 Å². The first-order valence-electron chi connectivity index (χ1n) is 5.89. The maximum absolute atomic E-state index is 9.19. The number of hydrazone groups is 1. The summed E-state index contributed by atoms with van der Waals surface area (Å²) in [5, 5.41) is 18.1. The van der Waals surface area contributed by atoms with Gasteiger partial charge in [-0.25, -0.2) is 4.98 Å². The van der Waals surface area contributed by atoms with Gasteiger partial charge >= 0.3 is 0 Å². The fourth-order valence-electron chi connectivity index (χ4n) is 1.58. The molecule has 4 nitrogen and oxygen atoms in total. The lowest BCUT2D eigenvalue weighted by atomic mass is 10.2. The fraction of sp³-hybridized carbons (Fsp3) is 0. The molecule has 3 rings (SSSR count). The van der Waals surface area contributed by atoms with Gasteiger partial charge in [-0.3, -0.25) is 5.43 Å². The van der Waals surface area contributed by atoms with Crippen molar-refractivity contribution in [2.24, 2.45) is 5.10 Å². The topological polar surface area (TPSA) is 57.5 Å². The summed E-state index contributed by atoms with van der Waals surface area (Å²) in [6, 6.07) is 10.9. The van der Waals surface area contributed by atoms with Crippen molar-refractivity contribution < 1.29 is 5.11 Å². The highest BCUT2D eigenvalue weighted by molar-refractivity contribution is 7.15. The van der Waals surface area contributed by atoms with Gasteiger partial charge in [-0.2, -0.15) is 5.10 Å². The fourth-order valence-corrected chi connectivity index (χ4v) is 3.01. The Labute approximate surface area is 124 Å². The molecule has 1 aromatic carbocycles. The molecule has 0 spiro atoms. The molecule has 0 unspecified atom stereocenters. The van der Waals surface area contributed by atoms with Gasteiger partial charge in [0.1, 0.15) is 5.75 Å². The smallest absolute Gasteiger partial charge is 0.203 e. The van der Waals surface area contributed by atoms with Crippen molar-refractivity contribution in [2.45, 2.75) is 0 Å². The number of aromatic hydroxyl groups is 1. The predicted octanol–water partition coefficient (Wildman–Crippen LogP) is 4.02. The summed E-state index contributed by atoms with van der Waals surface area (Å²) >= 11 is 3.18. The molecule has 0 amide bonds. The largest absolute Gasteiger partial charge is 0.508 e. The summed E-state index contributed by atoms with van der Waals surface area (Å²) < 4.78 is 0. The van der Waals surface area contributed by atoms with Crippen LogP contribution in [0.15, 0.2) is 52.3 Å². The lowest BCUT2D eigenvalue weighted by Crippen LogP contribution is -1.89. The highest BCUT2D eigenvalue weighted by atomic mass is 32.1. The minimum atomic E-state index is 0.246. The summed E-state index contributed by atoms with van der Waals surface area (Å²) in [5.74, 6) is 0.246. The van der Waals surface area contributed by atoms with E-state index in [0.29, 0.717) is 0 Å². The van der Waals surface area contributed by atoms with Crippen molar-refractivity contribution in [3.63, 3.8) is 0 Å². The second-order valence-electron chi connectivity index (χ2n) is 3.98. The highest BCUT2D eigenvalue weighted by Crippen LogP contribution is 2.28. The second-order valence-corrected chi connectivity index (χ2v) is 5.78. The van der Waals surface area contributed by atoms with Crippen LogP contribution in [-0.2, 0) is 0 Å². The number of phenols is 1. The van der Waals surface area contributed by atoms with Crippen LogP contribution < -0.4 is 5.43 Å². The van der Waals surface area contributed by atoms with Crippen LogP contribution in [0.5, 0.6) is 5.75 Å². The van der Waals surface area contributed by atoms with Gasteiger partial charge in [0.05, 0.1) is 16.8 Å². The molecule has 0 atom stereocenters. The van der Waals surface area contributed by atoms with Gasteiger partial charge < -0.3 is 5.11 Å². The molecule has 100 valence electrons. The minimum absolute atomic E-state index is 0.246. The molecule has 2 N–H and O–H groups in total. The molecule has 0 aliphatic rings. The van der Waals surface area contributed by atoms with Crippen LogP contribution in [0.3, 0.4) is 0 Å². The average molecular weight is 301 g/mol. The molecule has 6 heteroatoms. The molecule has 0 aliphatic heterocycles. The molecule has 0 bridgehead atoms. The van der Waals surface area contributed by atoms with Crippen molar-refractivity contribution in [3.8, 4) is 16.3 Å². The van der Waals surface area contributed by atoms with E-state index in [9.17, 15) is 5.11 Å². The minimum Gasteiger partial charge on any atom is -0.508 e. The summed E-state index contributed by atoms with van der Waals surface area (Å²) in [6.45, 7) is 0. The molecule has 2 heterocycles. The first-order valence-corrected chi connectivity index (χ1v) is 7.65. The Morgan fingerprint density at radius 3 is 2.75 bits per heavy atom. The van der Waals surface area contributed by atoms with E-state index in [0.717, 1.165) is 21.3 Å². The maximum atomic E-state index is 9.19. The van der Waals surface area contributed by atoms with E-state index in [4.69, 9.17) is 0 Å². The van der Waals surface area contributed by atoms with Crippen molar-refractivity contribution in [1.82, 2.24) is 4.98 Å². The maximum Gasteiger partial charge on any atom is 0.203 e. The number of nitrogens with zero attached hydrogens (tertiary/aromatic N) is 2. The predicted molar refractivity (Wildman–Crippen MR) is 84.8 cm³/mol. The molecule has 0 radical (unpaired) electrons. The van der Waals surface area contributed by atoms with Gasteiger partial charge in [0.25, 0.3) is 0 Å². The monoisotopic (exact) mass is 301 g/mol. The molecule has 2 aromatic heterocycles. The van der Waals surface area contributed by atoms with Crippen LogP contribution in [0.25, 0.3) is 10.6 Å². The van der Waals surface area contributed by atoms with Crippen LogP contribution in [0.2, 0.25) is 0 Å². The van der Waals surface area contributed by atoms with Gasteiger partial charge in [-0.1, -0.05) is 6.07 Å². The molecule has 20 heavy (non-hydrogen) atoms. The molecule has 0 saturated carbocycles. The second kappa shape index (κ2) is 5.85. The van der Waals surface area contributed by atoms with E-state index < -0.39 is 0 Å². The summed E-state index contributed by atoms with van der Waals surface area (Å²) in [4.78, 5) is 5.61. The number of nitrogens with one attached hydrogen (secondary N) is 1. The van der Waals surface area contributed by atoms with E-state index >= 15 is 0 Å². The third-order valence-electron chi connectivity index (χ3n) is 2.54.